The molecule has 0 aliphatic heterocycles. The summed E-state index contributed by atoms with van der Waals surface area (Å²) < 4.78 is 23.8. The molecule has 2 aromatic carbocycles. The van der Waals surface area contributed by atoms with E-state index >= 15 is 4.57 Å². The van der Waals surface area contributed by atoms with Crippen molar-refractivity contribution in [2.45, 2.75) is 46.1 Å². The summed E-state index contributed by atoms with van der Waals surface area (Å²) in [5.74, 6) is 0.756. The zero-order valence-corrected chi connectivity index (χ0v) is 21.5. The zero-order valence-electron chi connectivity index (χ0n) is 20.7. The number of nitrogens with zero attached hydrogens (tertiary/aromatic N) is 1. The molecule has 6 nitrogen and oxygen atoms in total. The summed E-state index contributed by atoms with van der Waals surface area (Å²) in [4.78, 5) is 18.2. The van der Waals surface area contributed by atoms with Crippen LogP contribution in [0.5, 0.6) is 0 Å². The Morgan fingerprint density at radius 2 is 1.76 bits per heavy atom. The van der Waals surface area contributed by atoms with Gasteiger partial charge in [-0.3, -0.25) is 14.2 Å². The van der Waals surface area contributed by atoms with Crippen molar-refractivity contribution in [2.24, 2.45) is 24.8 Å². The van der Waals surface area contributed by atoms with Crippen LogP contribution in [0.25, 0.3) is 10.9 Å². The number of para-hydroxylation sites is 1. The minimum Gasteiger partial charge on any atom is -0.339 e. The molecule has 7 heteroatoms. The second-order valence-corrected chi connectivity index (χ2v) is 12.0. The molecule has 1 unspecified atom stereocenters. The van der Waals surface area contributed by atoms with E-state index in [1.54, 1.807) is 4.57 Å². The van der Waals surface area contributed by atoms with Crippen molar-refractivity contribution in [1.82, 2.24) is 10.0 Å². The molecule has 0 bridgehead atoms. The van der Waals surface area contributed by atoms with Gasteiger partial charge in [0.2, 0.25) is 0 Å². The summed E-state index contributed by atoms with van der Waals surface area (Å²) in [6.45, 7) is 6.65. The van der Waals surface area contributed by atoms with Crippen molar-refractivity contribution in [1.29, 1.82) is 0 Å². The fourth-order valence-electron chi connectivity index (χ4n) is 5.37. The summed E-state index contributed by atoms with van der Waals surface area (Å²) in [5, 5.41) is 1.79. The van der Waals surface area contributed by atoms with Gasteiger partial charge in [-0.25, -0.2) is 5.48 Å². The fourth-order valence-corrected chi connectivity index (χ4v) is 8.08. The smallest absolute Gasteiger partial charge is 0.292 e. The minimum atomic E-state index is -3.67. The number of fused-ring (bicyclic) bond motifs is 1. The number of amides is 1. The van der Waals surface area contributed by atoms with Gasteiger partial charge < -0.3 is 9.09 Å². The molecule has 3 aromatic rings. The Hall–Kier alpha value is -2.40. The number of hydrogen-bond donors (Lipinski definition) is 1. The summed E-state index contributed by atoms with van der Waals surface area (Å²) in [5.41, 5.74) is 3.54. The molecule has 1 heterocycles. The predicted octanol–water partition coefficient (Wildman–Crippen LogP) is 5.18. The number of hydrogen-bond acceptors (Lipinski definition) is 4. The fraction of sp³-hybridized carbons (Fsp3) is 0.444. The van der Waals surface area contributed by atoms with Gasteiger partial charge in [0.1, 0.15) is 5.69 Å². The number of carbonyl (C=O) groups excluding carboxylic acids is 1. The van der Waals surface area contributed by atoms with Gasteiger partial charge in [0, 0.05) is 23.3 Å². The highest BCUT2D eigenvalue weighted by atomic mass is 31.2. The number of benzene rings is 2. The van der Waals surface area contributed by atoms with Gasteiger partial charge in [-0.15, -0.1) is 0 Å². The van der Waals surface area contributed by atoms with E-state index in [1.807, 2.05) is 61.6 Å². The van der Waals surface area contributed by atoms with Crippen LogP contribution in [0.1, 0.15) is 50.5 Å². The predicted molar refractivity (Wildman–Crippen MR) is 137 cm³/mol. The summed E-state index contributed by atoms with van der Waals surface area (Å²) in [6, 6.07) is 17.0. The lowest BCUT2D eigenvalue weighted by atomic mass is 9.75. The van der Waals surface area contributed by atoms with Crippen molar-refractivity contribution in [3.05, 3.63) is 60.3 Å². The lowest BCUT2D eigenvalue weighted by molar-refractivity contribution is 0.0504. The van der Waals surface area contributed by atoms with Crippen LogP contribution in [0.3, 0.4) is 0 Å². The van der Waals surface area contributed by atoms with E-state index in [0.717, 1.165) is 30.2 Å². The molecule has 0 saturated heterocycles. The first-order valence-electron chi connectivity index (χ1n) is 12.0. The van der Waals surface area contributed by atoms with Crippen LogP contribution < -0.4 is 16.1 Å². The van der Waals surface area contributed by atoms with Gasteiger partial charge in [0.05, 0.1) is 18.5 Å². The Labute approximate surface area is 202 Å². The van der Waals surface area contributed by atoms with Crippen LogP contribution in [0.4, 0.5) is 0 Å². The van der Waals surface area contributed by atoms with E-state index < -0.39 is 13.3 Å². The van der Waals surface area contributed by atoms with Crippen LogP contribution in [0.2, 0.25) is 0 Å². The van der Waals surface area contributed by atoms with Gasteiger partial charge in [0.15, 0.2) is 0 Å². The molecule has 0 spiro atoms. The summed E-state index contributed by atoms with van der Waals surface area (Å²) >= 11 is 0. The Morgan fingerprint density at radius 1 is 1.09 bits per heavy atom. The van der Waals surface area contributed by atoms with E-state index in [2.05, 4.69) is 26.3 Å². The molecule has 1 N–H and O–H groups in total. The van der Waals surface area contributed by atoms with Crippen LogP contribution >= 0.6 is 7.37 Å². The second kappa shape index (κ2) is 10.1. The Morgan fingerprint density at radius 3 is 2.44 bits per heavy atom. The molecule has 4 rings (SSSR count). The Kier molecular flexibility index (Phi) is 7.32. The highest BCUT2D eigenvalue weighted by Gasteiger charge is 2.43. The van der Waals surface area contributed by atoms with Crippen molar-refractivity contribution < 1.29 is 18.7 Å². The topological polar surface area (TPSA) is 69.6 Å². The van der Waals surface area contributed by atoms with Gasteiger partial charge in [-0.1, -0.05) is 63.6 Å². The number of rotatable bonds is 7. The molecule has 1 aliphatic rings. The van der Waals surface area contributed by atoms with E-state index in [4.69, 9.17) is 9.36 Å². The second-order valence-electron chi connectivity index (χ2n) is 9.77. The molecule has 1 aromatic heterocycles. The van der Waals surface area contributed by atoms with E-state index in [9.17, 15) is 4.79 Å². The maximum atomic E-state index is 15.3. The van der Waals surface area contributed by atoms with Crippen molar-refractivity contribution in [3.8, 4) is 0 Å². The third kappa shape index (κ3) is 4.47. The molecule has 1 amide bonds. The number of aromatic nitrogens is 1. The van der Waals surface area contributed by atoms with E-state index in [-0.39, 0.29) is 6.10 Å². The summed E-state index contributed by atoms with van der Waals surface area (Å²) in [7, 11) is -0.469. The molecule has 182 valence electrons. The van der Waals surface area contributed by atoms with Crippen LogP contribution in [0.15, 0.2) is 54.6 Å². The lowest BCUT2D eigenvalue weighted by Gasteiger charge is -2.39. The normalized spacial score (nSPS) is 22.6. The highest BCUT2D eigenvalue weighted by Crippen LogP contribution is 2.52. The van der Waals surface area contributed by atoms with E-state index in [0.29, 0.717) is 34.1 Å². The lowest BCUT2D eigenvalue weighted by Crippen LogP contribution is -2.37. The molecule has 34 heavy (non-hydrogen) atoms. The monoisotopic (exact) mass is 482 g/mol. The first kappa shape index (κ1) is 24.7. The molecule has 4 atom stereocenters. The van der Waals surface area contributed by atoms with Crippen LogP contribution in [-0.2, 0) is 21.0 Å². The maximum Gasteiger partial charge on any atom is 0.292 e. The number of aryl methyl sites for hydroxylation is 1. The van der Waals surface area contributed by atoms with Gasteiger partial charge in [-0.2, -0.15) is 0 Å². The maximum absolute atomic E-state index is 15.3. The standard InChI is InChI=1S/C27H35N2O4P/c1-18(2)21-16-15-19(3)17-24(21)33-34(31,20-11-7-6-8-12-20)26-22-13-9-10-14-23(22)29(4)25(26)27(30)28-32-5/h6-14,18-19,21,24H,15-17H2,1-5H3,(H,28,30)/t19-,21-,24+,34?/m0/s1. The average Bonchev–Trinajstić information content (AvgIpc) is 3.13. The number of nitrogens with one attached hydrogen (secondary N) is 1. The van der Waals surface area contributed by atoms with Gasteiger partial charge in [0.25, 0.3) is 13.3 Å². The number of hydroxylamine groups is 1. The summed E-state index contributed by atoms with van der Waals surface area (Å²) in [6.07, 6.45) is 2.88. The van der Waals surface area contributed by atoms with Gasteiger partial charge in [-0.05, 0) is 48.8 Å². The molecular weight excluding hydrogens is 447 g/mol. The third-order valence-electron chi connectivity index (χ3n) is 7.13. The Balaban J connectivity index is 1.97. The van der Waals surface area contributed by atoms with Gasteiger partial charge >= 0.3 is 0 Å². The first-order valence-corrected chi connectivity index (χ1v) is 13.7. The first-order chi connectivity index (χ1) is 16.3. The molecule has 1 saturated carbocycles. The SMILES string of the molecule is CONC(=O)c1c(P(=O)(O[C@@H]2C[C@@H](C)CC[C@H]2C(C)C)c2ccccc2)c2ccccc2n1C. The van der Waals surface area contributed by atoms with Crippen LogP contribution in [-0.4, -0.2) is 23.7 Å². The largest absolute Gasteiger partial charge is 0.339 e. The number of carbonyl (C=O) groups is 1. The minimum absolute atomic E-state index is 0.160. The third-order valence-corrected chi connectivity index (χ3v) is 9.71. The average molecular weight is 483 g/mol. The quantitative estimate of drug-likeness (QED) is 0.372. The molecule has 1 fully saturated rings. The van der Waals surface area contributed by atoms with Crippen LogP contribution in [0, 0.1) is 17.8 Å². The zero-order chi connectivity index (χ0) is 24.5. The molecular formula is C27H35N2O4P. The molecule has 1 aliphatic carbocycles. The molecule has 0 radical (unpaired) electrons. The highest BCUT2D eigenvalue weighted by molar-refractivity contribution is 7.75. The van der Waals surface area contributed by atoms with E-state index in [1.165, 1.54) is 7.11 Å². The van der Waals surface area contributed by atoms with Crippen molar-refractivity contribution in [3.63, 3.8) is 0 Å². The Bertz CT molecular complexity index is 1200. The van der Waals surface area contributed by atoms with Crippen molar-refractivity contribution >= 4 is 34.8 Å². The van der Waals surface area contributed by atoms with Crippen molar-refractivity contribution in [2.75, 3.05) is 7.11 Å².